The number of benzene rings is 2. The van der Waals surface area contributed by atoms with Crippen LogP contribution in [0.4, 0.5) is 4.39 Å². The molecule has 1 aliphatic rings. The van der Waals surface area contributed by atoms with E-state index in [9.17, 15) is 9.18 Å². The van der Waals surface area contributed by atoms with Gasteiger partial charge in [0.15, 0.2) is 11.5 Å². The second kappa shape index (κ2) is 6.05. The Morgan fingerprint density at radius 3 is 2.41 bits per heavy atom. The lowest BCUT2D eigenvalue weighted by Gasteiger charge is -2.31. The van der Waals surface area contributed by atoms with Crippen LogP contribution in [0.15, 0.2) is 48.5 Å². The molecule has 0 radical (unpaired) electrons. The number of rotatable bonds is 3. The van der Waals surface area contributed by atoms with Crippen molar-refractivity contribution < 1.29 is 18.7 Å². The molecule has 0 aliphatic carbocycles. The molecule has 1 aliphatic heterocycles. The van der Waals surface area contributed by atoms with Gasteiger partial charge in [-0.3, -0.25) is 4.79 Å². The van der Waals surface area contributed by atoms with Crippen LogP contribution < -0.4 is 14.8 Å². The number of para-hydroxylation sites is 2. The number of hydrogen-bond acceptors (Lipinski definition) is 3. The minimum absolute atomic E-state index is 0.258. The van der Waals surface area contributed by atoms with Crippen molar-refractivity contribution in [3.8, 4) is 11.5 Å². The van der Waals surface area contributed by atoms with Gasteiger partial charge in [0.25, 0.3) is 5.91 Å². The number of amides is 1. The molecule has 2 aromatic carbocycles. The summed E-state index contributed by atoms with van der Waals surface area (Å²) in [6, 6.07) is 13.2. The Kier molecular flexibility index (Phi) is 3.96. The highest BCUT2D eigenvalue weighted by atomic mass is 19.1. The van der Waals surface area contributed by atoms with E-state index in [0.717, 1.165) is 5.56 Å². The lowest BCUT2D eigenvalue weighted by atomic mass is 10.1. The highest BCUT2D eigenvalue weighted by molar-refractivity contribution is 5.82. The first-order valence-corrected chi connectivity index (χ1v) is 7.08. The molecule has 0 unspecified atom stereocenters. The van der Waals surface area contributed by atoms with Crippen molar-refractivity contribution in [2.24, 2.45) is 0 Å². The maximum Gasteiger partial charge on any atom is 0.265 e. The minimum atomic E-state index is -0.713. The number of carbonyl (C=O) groups excluding carboxylic acids is 1. The third kappa shape index (κ3) is 3.03. The average molecular weight is 301 g/mol. The monoisotopic (exact) mass is 301 g/mol. The molecule has 0 aromatic heterocycles. The molecular weight excluding hydrogens is 285 g/mol. The van der Waals surface area contributed by atoms with Gasteiger partial charge in [0, 0.05) is 6.54 Å². The first-order valence-electron chi connectivity index (χ1n) is 7.08. The summed E-state index contributed by atoms with van der Waals surface area (Å²) in [5.41, 5.74) is 0.819. The van der Waals surface area contributed by atoms with E-state index in [1.165, 1.54) is 12.1 Å². The molecule has 0 fully saturated rings. The maximum atomic E-state index is 12.8. The zero-order chi connectivity index (χ0) is 15.5. The van der Waals surface area contributed by atoms with Crippen LogP contribution in [-0.2, 0) is 11.3 Å². The van der Waals surface area contributed by atoms with Crippen LogP contribution in [0.5, 0.6) is 11.5 Å². The molecule has 0 bridgehead atoms. The average Bonchev–Trinajstić information content (AvgIpc) is 2.53. The van der Waals surface area contributed by atoms with Gasteiger partial charge in [-0.25, -0.2) is 4.39 Å². The van der Waals surface area contributed by atoms with Crippen LogP contribution in [0.3, 0.4) is 0 Å². The fourth-order valence-corrected chi connectivity index (χ4v) is 2.30. The zero-order valence-corrected chi connectivity index (χ0v) is 12.1. The summed E-state index contributed by atoms with van der Waals surface area (Å²) in [7, 11) is 0. The van der Waals surface area contributed by atoms with Gasteiger partial charge in [0.1, 0.15) is 11.9 Å². The van der Waals surface area contributed by atoms with Crippen LogP contribution in [0, 0.1) is 5.82 Å². The summed E-state index contributed by atoms with van der Waals surface area (Å²) in [5, 5.41) is 2.78. The lowest BCUT2D eigenvalue weighted by Crippen LogP contribution is -2.48. The minimum Gasteiger partial charge on any atom is -0.482 e. The normalized spacial score (nSPS) is 19.5. The van der Waals surface area contributed by atoms with Crippen LogP contribution in [0.2, 0.25) is 0 Å². The van der Waals surface area contributed by atoms with Gasteiger partial charge in [0.05, 0.1) is 0 Å². The van der Waals surface area contributed by atoms with Gasteiger partial charge >= 0.3 is 0 Å². The Bertz CT molecular complexity index is 672. The Labute approximate surface area is 127 Å². The summed E-state index contributed by atoms with van der Waals surface area (Å²) in [6.45, 7) is 2.10. The molecule has 0 saturated heterocycles. The topological polar surface area (TPSA) is 47.6 Å². The largest absolute Gasteiger partial charge is 0.482 e. The molecule has 1 heterocycles. The quantitative estimate of drug-likeness (QED) is 0.948. The number of nitrogens with one attached hydrogen (secondary N) is 1. The van der Waals surface area contributed by atoms with Crippen LogP contribution in [0.1, 0.15) is 12.5 Å². The smallest absolute Gasteiger partial charge is 0.265 e. The standard InChI is InChI=1S/C17H16FNO3/c1-11-16(22-15-5-3-2-4-14(15)21-11)17(20)19-10-12-6-8-13(18)9-7-12/h2-9,11,16H,10H2,1H3,(H,19,20)/t11-,16-/m1/s1. The molecule has 4 nitrogen and oxygen atoms in total. The van der Waals surface area contributed by atoms with Crippen molar-refractivity contribution in [1.82, 2.24) is 5.32 Å². The zero-order valence-electron chi connectivity index (χ0n) is 12.1. The van der Waals surface area contributed by atoms with Crippen LogP contribution >= 0.6 is 0 Å². The molecule has 0 saturated carbocycles. The van der Waals surface area contributed by atoms with Crippen LogP contribution in [0.25, 0.3) is 0 Å². The van der Waals surface area contributed by atoms with E-state index in [0.29, 0.717) is 18.0 Å². The molecule has 1 amide bonds. The molecule has 2 aromatic rings. The summed E-state index contributed by atoms with van der Waals surface area (Å²) < 4.78 is 24.3. The number of fused-ring (bicyclic) bond motifs is 1. The first-order chi connectivity index (χ1) is 10.6. The molecule has 0 spiro atoms. The van der Waals surface area contributed by atoms with Crippen molar-refractivity contribution in [3.63, 3.8) is 0 Å². The van der Waals surface area contributed by atoms with Crippen molar-refractivity contribution in [2.75, 3.05) is 0 Å². The van der Waals surface area contributed by atoms with Crippen molar-refractivity contribution in [2.45, 2.75) is 25.7 Å². The maximum absolute atomic E-state index is 12.8. The molecule has 1 N–H and O–H groups in total. The third-order valence-electron chi connectivity index (χ3n) is 3.48. The Hall–Kier alpha value is -2.56. The SMILES string of the molecule is C[C@H]1Oc2ccccc2O[C@H]1C(=O)NCc1ccc(F)cc1. The van der Waals surface area contributed by atoms with E-state index in [1.807, 2.05) is 12.1 Å². The molecule has 114 valence electrons. The third-order valence-corrected chi connectivity index (χ3v) is 3.48. The Morgan fingerprint density at radius 2 is 1.73 bits per heavy atom. The van der Waals surface area contributed by atoms with Gasteiger partial charge in [-0.05, 0) is 36.8 Å². The van der Waals surface area contributed by atoms with E-state index in [2.05, 4.69) is 5.32 Å². The number of hydrogen-bond donors (Lipinski definition) is 1. The second-order valence-electron chi connectivity index (χ2n) is 5.15. The van der Waals surface area contributed by atoms with Gasteiger partial charge in [-0.1, -0.05) is 24.3 Å². The van der Waals surface area contributed by atoms with Gasteiger partial charge < -0.3 is 14.8 Å². The summed E-state index contributed by atoms with van der Waals surface area (Å²) in [4.78, 5) is 12.3. The summed E-state index contributed by atoms with van der Waals surface area (Å²) >= 11 is 0. The molecule has 5 heteroatoms. The van der Waals surface area contributed by atoms with Gasteiger partial charge in [0.2, 0.25) is 6.10 Å². The Balaban J connectivity index is 1.64. The van der Waals surface area contributed by atoms with Gasteiger partial charge in [-0.2, -0.15) is 0 Å². The molecule has 22 heavy (non-hydrogen) atoms. The van der Waals surface area contributed by atoms with Crippen molar-refractivity contribution >= 4 is 5.91 Å². The van der Waals surface area contributed by atoms with E-state index in [1.54, 1.807) is 31.2 Å². The Morgan fingerprint density at radius 1 is 1.09 bits per heavy atom. The molecule has 2 atom stereocenters. The highest BCUT2D eigenvalue weighted by Crippen LogP contribution is 2.33. The predicted molar refractivity (Wildman–Crippen MR) is 79.2 cm³/mol. The fraction of sp³-hybridized carbons (Fsp3) is 0.235. The number of carbonyl (C=O) groups is 1. The summed E-state index contributed by atoms with van der Waals surface area (Å²) in [5.74, 6) is 0.635. The van der Waals surface area contributed by atoms with E-state index >= 15 is 0 Å². The van der Waals surface area contributed by atoms with E-state index in [4.69, 9.17) is 9.47 Å². The summed E-state index contributed by atoms with van der Waals surface area (Å²) in [6.07, 6.45) is -1.10. The lowest BCUT2D eigenvalue weighted by molar-refractivity contribution is -0.133. The van der Waals surface area contributed by atoms with E-state index < -0.39 is 6.10 Å². The molecular formula is C17H16FNO3. The molecule has 3 rings (SSSR count). The second-order valence-corrected chi connectivity index (χ2v) is 5.15. The van der Waals surface area contributed by atoms with Crippen LogP contribution in [-0.4, -0.2) is 18.1 Å². The predicted octanol–water partition coefficient (Wildman–Crippen LogP) is 2.67. The number of halogens is 1. The fourth-order valence-electron chi connectivity index (χ4n) is 2.30. The van der Waals surface area contributed by atoms with Crippen molar-refractivity contribution in [1.29, 1.82) is 0 Å². The van der Waals surface area contributed by atoms with Gasteiger partial charge in [-0.15, -0.1) is 0 Å². The number of ether oxygens (including phenoxy) is 2. The van der Waals surface area contributed by atoms with Crippen molar-refractivity contribution in [3.05, 3.63) is 59.9 Å². The highest BCUT2D eigenvalue weighted by Gasteiger charge is 2.33. The van der Waals surface area contributed by atoms with E-state index in [-0.39, 0.29) is 17.8 Å². The first kappa shape index (κ1) is 14.4.